The Bertz CT molecular complexity index is 1040. The minimum absolute atomic E-state index is 0.123. The second-order valence-corrected chi connectivity index (χ2v) is 7.66. The molecule has 32 heavy (non-hydrogen) atoms. The lowest BCUT2D eigenvalue weighted by atomic mass is 9.96. The maximum atomic E-state index is 10.9. The summed E-state index contributed by atoms with van der Waals surface area (Å²) >= 11 is 0. The summed E-state index contributed by atoms with van der Waals surface area (Å²) in [7, 11) is 0. The number of benzene rings is 2. The minimum Gasteiger partial charge on any atom is -0.395 e. The maximum absolute atomic E-state index is 10.9. The molecule has 7 heteroatoms. The van der Waals surface area contributed by atoms with Gasteiger partial charge in [0.1, 0.15) is 24.1 Å². The second kappa shape index (κ2) is 11.0. The molecule has 0 fully saturated rings. The van der Waals surface area contributed by atoms with Crippen LogP contribution in [-0.4, -0.2) is 44.1 Å². The average Bonchev–Trinajstić information content (AvgIpc) is 3.30. The smallest absolute Gasteiger partial charge is 0.138 e. The number of aliphatic hydroxyl groups excluding tert-OH is 3. The first-order chi connectivity index (χ1) is 15.5. The third-order valence-corrected chi connectivity index (χ3v) is 5.25. The van der Waals surface area contributed by atoms with Crippen molar-refractivity contribution in [1.82, 2.24) is 9.55 Å². The summed E-state index contributed by atoms with van der Waals surface area (Å²) in [6.07, 6.45) is 7.14. The molecule has 5 N–H and O–H groups in total. The minimum atomic E-state index is -0.973. The van der Waals surface area contributed by atoms with Crippen LogP contribution in [0.15, 0.2) is 60.9 Å². The van der Waals surface area contributed by atoms with E-state index < -0.39 is 24.3 Å². The Morgan fingerprint density at radius 2 is 1.88 bits per heavy atom. The molecule has 0 amide bonds. The van der Waals surface area contributed by atoms with Gasteiger partial charge >= 0.3 is 0 Å². The lowest BCUT2D eigenvalue weighted by Gasteiger charge is -2.22. The zero-order chi connectivity index (χ0) is 23.1. The lowest BCUT2D eigenvalue weighted by Crippen LogP contribution is -2.29. The van der Waals surface area contributed by atoms with Gasteiger partial charge in [-0.15, -0.1) is 6.42 Å². The fourth-order valence-electron chi connectivity index (χ4n) is 3.55. The molecular formula is C25H29N3O4. The highest BCUT2D eigenvalue weighted by Crippen LogP contribution is 2.31. The van der Waals surface area contributed by atoms with Gasteiger partial charge in [0.2, 0.25) is 0 Å². The van der Waals surface area contributed by atoms with Crippen molar-refractivity contribution in [2.24, 2.45) is 5.73 Å². The van der Waals surface area contributed by atoms with Crippen LogP contribution in [0, 0.1) is 12.3 Å². The normalized spacial score (nSPS) is 15.0. The van der Waals surface area contributed by atoms with Gasteiger partial charge in [-0.2, -0.15) is 0 Å². The number of nitrogens with two attached hydrogens (primary N) is 1. The third-order valence-electron chi connectivity index (χ3n) is 5.25. The zero-order valence-corrected chi connectivity index (χ0v) is 18.0. The number of hydrogen-bond acceptors (Lipinski definition) is 6. The Labute approximate surface area is 188 Å². The number of imidazole rings is 1. The van der Waals surface area contributed by atoms with Crippen LogP contribution in [0.5, 0.6) is 0 Å². The predicted octanol–water partition coefficient (Wildman–Crippen LogP) is 2.35. The van der Waals surface area contributed by atoms with Gasteiger partial charge in [0.25, 0.3) is 0 Å². The van der Waals surface area contributed by atoms with Crippen molar-refractivity contribution in [2.45, 2.75) is 37.8 Å². The van der Waals surface area contributed by atoms with Crippen LogP contribution in [0.4, 0.5) is 0 Å². The van der Waals surface area contributed by atoms with E-state index in [-0.39, 0.29) is 13.2 Å². The number of terminal acetylenes is 1. The van der Waals surface area contributed by atoms with Gasteiger partial charge in [-0.1, -0.05) is 54.5 Å². The number of aromatic nitrogens is 2. The average molecular weight is 436 g/mol. The Kier molecular flexibility index (Phi) is 8.17. The molecule has 3 aromatic rings. The fourth-order valence-corrected chi connectivity index (χ4v) is 3.55. The van der Waals surface area contributed by atoms with Crippen LogP contribution in [-0.2, 0) is 11.3 Å². The maximum Gasteiger partial charge on any atom is 0.138 e. The first-order valence-corrected chi connectivity index (χ1v) is 10.4. The highest BCUT2D eigenvalue weighted by atomic mass is 16.5. The summed E-state index contributed by atoms with van der Waals surface area (Å²) in [6.45, 7) is 2.12. The molecule has 7 nitrogen and oxygen atoms in total. The SMILES string of the molecule is C#CC(C(O)c1ccc(-c2ccccc2COCC(N)CO)cc1)n1ccnc1C(C)O. The van der Waals surface area contributed by atoms with E-state index in [2.05, 4.69) is 10.9 Å². The molecule has 0 saturated heterocycles. The van der Waals surface area contributed by atoms with E-state index in [1.807, 2.05) is 48.5 Å². The van der Waals surface area contributed by atoms with E-state index in [0.29, 0.717) is 18.0 Å². The van der Waals surface area contributed by atoms with E-state index in [0.717, 1.165) is 16.7 Å². The van der Waals surface area contributed by atoms with E-state index in [9.17, 15) is 10.2 Å². The van der Waals surface area contributed by atoms with Gasteiger partial charge in [0, 0.05) is 12.4 Å². The Balaban J connectivity index is 1.79. The van der Waals surface area contributed by atoms with Crippen molar-refractivity contribution in [3.05, 3.63) is 77.9 Å². The topological polar surface area (TPSA) is 114 Å². The van der Waals surface area contributed by atoms with Crippen LogP contribution in [0.3, 0.4) is 0 Å². The molecule has 0 aliphatic rings. The molecule has 1 aromatic heterocycles. The highest BCUT2D eigenvalue weighted by molar-refractivity contribution is 5.67. The van der Waals surface area contributed by atoms with Gasteiger partial charge in [0.15, 0.2) is 0 Å². The fraction of sp³-hybridized carbons (Fsp3) is 0.320. The predicted molar refractivity (Wildman–Crippen MR) is 122 cm³/mol. The first-order valence-electron chi connectivity index (χ1n) is 10.4. The summed E-state index contributed by atoms with van der Waals surface area (Å²) in [5, 5.41) is 29.9. The lowest BCUT2D eigenvalue weighted by molar-refractivity contribution is 0.0901. The molecule has 2 aromatic carbocycles. The number of hydrogen-bond donors (Lipinski definition) is 4. The Morgan fingerprint density at radius 1 is 1.16 bits per heavy atom. The highest BCUT2D eigenvalue weighted by Gasteiger charge is 2.24. The van der Waals surface area contributed by atoms with Gasteiger partial charge in [-0.25, -0.2) is 4.98 Å². The molecule has 4 atom stereocenters. The van der Waals surface area contributed by atoms with Crippen molar-refractivity contribution in [3.8, 4) is 23.5 Å². The molecule has 0 bridgehead atoms. The van der Waals surface area contributed by atoms with Gasteiger partial charge < -0.3 is 30.4 Å². The zero-order valence-electron chi connectivity index (χ0n) is 18.0. The van der Waals surface area contributed by atoms with Gasteiger partial charge in [-0.3, -0.25) is 0 Å². The monoisotopic (exact) mass is 435 g/mol. The molecule has 3 rings (SSSR count). The number of aliphatic hydroxyl groups is 3. The number of ether oxygens (including phenoxy) is 1. The summed E-state index contributed by atoms with van der Waals surface area (Å²) in [5.74, 6) is 3.01. The van der Waals surface area contributed by atoms with Gasteiger partial charge in [0.05, 0.1) is 25.9 Å². The van der Waals surface area contributed by atoms with E-state index in [4.69, 9.17) is 22.0 Å². The Hall–Kier alpha value is -2.99. The molecule has 0 aliphatic carbocycles. The van der Waals surface area contributed by atoms with Crippen molar-refractivity contribution in [3.63, 3.8) is 0 Å². The van der Waals surface area contributed by atoms with Crippen molar-refractivity contribution in [2.75, 3.05) is 13.2 Å². The summed E-state index contributed by atoms with van der Waals surface area (Å²) < 4.78 is 7.26. The first kappa shape index (κ1) is 23.7. The van der Waals surface area contributed by atoms with Crippen molar-refractivity contribution < 1.29 is 20.1 Å². The van der Waals surface area contributed by atoms with E-state index >= 15 is 0 Å². The molecule has 0 aliphatic heterocycles. The van der Waals surface area contributed by atoms with Crippen LogP contribution < -0.4 is 5.73 Å². The summed E-state index contributed by atoms with van der Waals surface area (Å²) in [4.78, 5) is 4.14. The van der Waals surface area contributed by atoms with Crippen molar-refractivity contribution in [1.29, 1.82) is 0 Å². The summed E-state index contributed by atoms with van der Waals surface area (Å²) in [5.41, 5.74) is 9.32. The molecule has 0 spiro atoms. The number of rotatable bonds is 10. The molecule has 168 valence electrons. The van der Waals surface area contributed by atoms with Crippen LogP contribution >= 0.6 is 0 Å². The quantitative estimate of drug-likeness (QED) is 0.364. The van der Waals surface area contributed by atoms with Crippen LogP contribution in [0.25, 0.3) is 11.1 Å². The molecule has 0 saturated carbocycles. The second-order valence-electron chi connectivity index (χ2n) is 7.66. The van der Waals surface area contributed by atoms with Gasteiger partial charge in [-0.05, 0) is 29.2 Å². The van der Waals surface area contributed by atoms with Crippen LogP contribution in [0.2, 0.25) is 0 Å². The Morgan fingerprint density at radius 3 is 2.53 bits per heavy atom. The largest absolute Gasteiger partial charge is 0.395 e. The van der Waals surface area contributed by atoms with E-state index in [1.165, 1.54) is 0 Å². The molecule has 4 unspecified atom stereocenters. The van der Waals surface area contributed by atoms with E-state index in [1.54, 1.807) is 23.9 Å². The third kappa shape index (κ3) is 5.43. The molecule has 0 radical (unpaired) electrons. The van der Waals surface area contributed by atoms with Crippen molar-refractivity contribution >= 4 is 0 Å². The summed E-state index contributed by atoms with van der Waals surface area (Å²) in [6, 6.07) is 14.3. The standard InChI is InChI=1S/C25H29N3O4/c1-3-23(28-13-12-27-25(28)17(2)30)24(31)19-10-8-18(9-11-19)22-7-5-4-6-20(22)15-32-16-21(26)14-29/h1,4-13,17,21,23-24,29-31H,14-16,26H2,2H3. The number of nitrogens with zero attached hydrogens (tertiary/aromatic N) is 2. The van der Waals surface area contributed by atoms with Crippen LogP contribution in [0.1, 0.15) is 42.1 Å². The molecular weight excluding hydrogens is 406 g/mol. The molecule has 1 heterocycles.